The van der Waals surface area contributed by atoms with Gasteiger partial charge in [-0.3, -0.25) is 0 Å². The molecule has 0 aliphatic carbocycles. The van der Waals surface area contributed by atoms with Gasteiger partial charge < -0.3 is 5.11 Å². The van der Waals surface area contributed by atoms with Crippen LogP contribution < -0.4 is 0 Å². The minimum Gasteiger partial charge on any atom is -0.506 e. The van der Waals surface area contributed by atoms with Crippen LogP contribution in [0.4, 0.5) is 4.39 Å². The summed E-state index contributed by atoms with van der Waals surface area (Å²) >= 11 is 11.5. The first kappa shape index (κ1) is 11.2. The lowest BCUT2D eigenvalue weighted by Crippen LogP contribution is -1.81. The lowest BCUT2D eigenvalue weighted by molar-refractivity contribution is 0.475. The van der Waals surface area contributed by atoms with E-state index in [-0.39, 0.29) is 10.8 Å². The summed E-state index contributed by atoms with van der Waals surface area (Å²) in [6.45, 7) is 0. The first-order valence-electron chi connectivity index (χ1n) is 4.51. The van der Waals surface area contributed by atoms with Crippen molar-refractivity contribution in [3.8, 4) is 16.9 Å². The zero-order valence-electron chi connectivity index (χ0n) is 8.05. The highest BCUT2D eigenvalue weighted by Gasteiger charge is 2.05. The van der Waals surface area contributed by atoms with Crippen molar-refractivity contribution in [3.05, 3.63) is 52.3 Å². The summed E-state index contributed by atoms with van der Waals surface area (Å²) in [4.78, 5) is 0. The summed E-state index contributed by atoms with van der Waals surface area (Å²) < 4.78 is 13.1. The standard InChI is InChI=1S/C12H7Cl2FO/c13-9-3-8(4-10(15)6-9)7-1-2-12(16)11(14)5-7/h1-6,16H. The molecule has 0 heterocycles. The second kappa shape index (κ2) is 4.32. The van der Waals surface area contributed by atoms with Gasteiger partial charge in [-0.15, -0.1) is 0 Å². The van der Waals surface area contributed by atoms with Gasteiger partial charge in [0.15, 0.2) is 0 Å². The van der Waals surface area contributed by atoms with E-state index >= 15 is 0 Å². The summed E-state index contributed by atoms with van der Waals surface area (Å²) in [6, 6.07) is 8.87. The molecular formula is C12H7Cl2FO. The van der Waals surface area contributed by atoms with Gasteiger partial charge in [0.25, 0.3) is 0 Å². The molecule has 0 aliphatic rings. The number of benzene rings is 2. The molecule has 0 bridgehead atoms. The number of aromatic hydroxyl groups is 1. The van der Waals surface area contributed by atoms with E-state index in [0.29, 0.717) is 16.1 Å². The van der Waals surface area contributed by atoms with Crippen molar-refractivity contribution in [2.24, 2.45) is 0 Å². The molecule has 82 valence electrons. The predicted molar refractivity (Wildman–Crippen MR) is 63.5 cm³/mol. The molecule has 0 saturated heterocycles. The van der Waals surface area contributed by atoms with Crippen LogP contribution >= 0.6 is 23.2 Å². The predicted octanol–water partition coefficient (Wildman–Crippen LogP) is 4.51. The summed E-state index contributed by atoms with van der Waals surface area (Å²) in [5, 5.41) is 9.81. The largest absolute Gasteiger partial charge is 0.506 e. The van der Waals surface area contributed by atoms with E-state index in [1.807, 2.05) is 0 Å². The lowest BCUT2D eigenvalue weighted by atomic mass is 10.1. The van der Waals surface area contributed by atoms with Crippen LogP contribution in [0.25, 0.3) is 11.1 Å². The monoisotopic (exact) mass is 256 g/mol. The van der Waals surface area contributed by atoms with Crippen molar-refractivity contribution < 1.29 is 9.50 Å². The molecule has 0 unspecified atom stereocenters. The fourth-order valence-corrected chi connectivity index (χ4v) is 1.81. The Bertz CT molecular complexity index is 520. The highest BCUT2D eigenvalue weighted by Crippen LogP contribution is 2.30. The average molecular weight is 257 g/mol. The SMILES string of the molecule is Oc1ccc(-c2cc(F)cc(Cl)c2)cc1Cl. The maximum absolute atomic E-state index is 13.1. The number of phenols is 1. The van der Waals surface area contributed by atoms with Gasteiger partial charge in [0.05, 0.1) is 5.02 Å². The maximum Gasteiger partial charge on any atom is 0.134 e. The fourth-order valence-electron chi connectivity index (χ4n) is 1.41. The number of hydrogen-bond donors (Lipinski definition) is 1. The molecule has 2 aromatic rings. The van der Waals surface area contributed by atoms with Gasteiger partial charge in [0.2, 0.25) is 0 Å². The molecule has 2 aromatic carbocycles. The summed E-state index contributed by atoms with van der Waals surface area (Å²) in [7, 11) is 0. The van der Waals surface area contributed by atoms with Crippen molar-refractivity contribution in [3.63, 3.8) is 0 Å². The third-order valence-electron chi connectivity index (χ3n) is 2.14. The number of rotatable bonds is 1. The van der Waals surface area contributed by atoms with E-state index in [1.165, 1.54) is 18.2 Å². The first-order valence-corrected chi connectivity index (χ1v) is 5.27. The second-order valence-corrected chi connectivity index (χ2v) is 4.17. The highest BCUT2D eigenvalue weighted by atomic mass is 35.5. The van der Waals surface area contributed by atoms with Gasteiger partial charge in [-0.1, -0.05) is 29.3 Å². The van der Waals surface area contributed by atoms with Crippen LogP contribution in [0.5, 0.6) is 5.75 Å². The molecule has 0 fully saturated rings. The van der Waals surface area contributed by atoms with Crippen LogP contribution in [-0.4, -0.2) is 5.11 Å². The summed E-state index contributed by atoms with van der Waals surface area (Å²) in [6.07, 6.45) is 0. The van der Waals surface area contributed by atoms with E-state index in [0.717, 1.165) is 0 Å². The Morgan fingerprint density at radius 3 is 2.31 bits per heavy atom. The van der Waals surface area contributed by atoms with Crippen LogP contribution in [0.2, 0.25) is 10.0 Å². The minimum atomic E-state index is -0.410. The van der Waals surface area contributed by atoms with Crippen LogP contribution in [0.15, 0.2) is 36.4 Å². The van der Waals surface area contributed by atoms with E-state index in [1.54, 1.807) is 18.2 Å². The molecule has 0 aromatic heterocycles. The Morgan fingerprint density at radius 1 is 0.938 bits per heavy atom. The van der Waals surface area contributed by atoms with Crippen LogP contribution in [0, 0.1) is 5.82 Å². The lowest BCUT2D eigenvalue weighted by Gasteiger charge is -2.04. The maximum atomic E-state index is 13.1. The van der Waals surface area contributed by atoms with Gasteiger partial charge in [-0.05, 0) is 41.5 Å². The topological polar surface area (TPSA) is 20.2 Å². The van der Waals surface area contributed by atoms with Crippen molar-refractivity contribution in [1.82, 2.24) is 0 Å². The van der Waals surface area contributed by atoms with Crippen molar-refractivity contribution in [2.45, 2.75) is 0 Å². The molecule has 0 spiro atoms. The molecule has 0 aliphatic heterocycles. The van der Waals surface area contributed by atoms with Crippen molar-refractivity contribution in [1.29, 1.82) is 0 Å². The molecule has 1 nitrogen and oxygen atoms in total. The zero-order chi connectivity index (χ0) is 11.7. The number of hydrogen-bond acceptors (Lipinski definition) is 1. The van der Waals surface area contributed by atoms with E-state index in [9.17, 15) is 9.50 Å². The molecule has 0 amide bonds. The normalized spacial score (nSPS) is 10.4. The molecule has 16 heavy (non-hydrogen) atoms. The Labute approximate surface area is 102 Å². The highest BCUT2D eigenvalue weighted by molar-refractivity contribution is 6.32. The Hall–Kier alpha value is -1.25. The first-order chi connectivity index (χ1) is 7.56. The van der Waals surface area contributed by atoms with E-state index in [4.69, 9.17) is 23.2 Å². The molecular weight excluding hydrogens is 250 g/mol. The van der Waals surface area contributed by atoms with Crippen molar-refractivity contribution >= 4 is 23.2 Å². The average Bonchev–Trinajstić information content (AvgIpc) is 2.20. The Balaban J connectivity index is 2.54. The van der Waals surface area contributed by atoms with Crippen LogP contribution in [0.3, 0.4) is 0 Å². The van der Waals surface area contributed by atoms with E-state index in [2.05, 4.69) is 0 Å². The smallest absolute Gasteiger partial charge is 0.134 e. The molecule has 4 heteroatoms. The van der Waals surface area contributed by atoms with Crippen LogP contribution in [-0.2, 0) is 0 Å². The Morgan fingerprint density at radius 2 is 1.69 bits per heavy atom. The Kier molecular flexibility index (Phi) is 3.03. The van der Waals surface area contributed by atoms with Gasteiger partial charge in [-0.25, -0.2) is 4.39 Å². The number of phenolic OH excluding ortho intramolecular Hbond substituents is 1. The van der Waals surface area contributed by atoms with Gasteiger partial charge in [0, 0.05) is 5.02 Å². The van der Waals surface area contributed by atoms with E-state index < -0.39 is 5.82 Å². The molecule has 0 atom stereocenters. The van der Waals surface area contributed by atoms with Crippen molar-refractivity contribution in [2.75, 3.05) is 0 Å². The van der Waals surface area contributed by atoms with Gasteiger partial charge in [-0.2, -0.15) is 0 Å². The molecule has 1 N–H and O–H groups in total. The number of halogens is 3. The van der Waals surface area contributed by atoms with Crippen LogP contribution in [0.1, 0.15) is 0 Å². The second-order valence-electron chi connectivity index (χ2n) is 3.32. The molecule has 0 radical (unpaired) electrons. The van der Waals surface area contributed by atoms with Gasteiger partial charge >= 0.3 is 0 Å². The fraction of sp³-hybridized carbons (Fsp3) is 0. The molecule has 2 rings (SSSR count). The summed E-state index contributed by atoms with van der Waals surface area (Å²) in [5.41, 5.74) is 1.32. The van der Waals surface area contributed by atoms with Gasteiger partial charge in [0.1, 0.15) is 11.6 Å². The third kappa shape index (κ3) is 2.29. The summed E-state index contributed by atoms with van der Waals surface area (Å²) in [5.74, 6) is -0.417. The third-order valence-corrected chi connectivity index (χ3v) is 2.66. The quantitative estimate of drug-likeness (QED) is 0.797. The zero-order valence-corrected chi connectivity index (χ0v) is 9.56. The molecule has 0 saturated carbocycles. The minimum absolute atomic E-state index is 0.00656.